The van der Waals surface area contributed by atoms with Crippen LogP contribution in [-0.4, -0.2) is 30.6 Å². The van der Waals surface area contributed by atoms with Gasteiger partial charge in [0.15, 0.2) is 5.69 Å². The van der Waals surface area contributed by atoms with Crippen LogP contribution in [0.15, 0.2) is 64.1 Å². The topological polar surface area (TPSA) is 115 Å². The number of hydrazine groups is 2. The minimum atomic E-state index is -0.457. The highest BCUT2D eigenvalue weighted by Crippen LogP contribution is 2.32. The van der Waals surface area contributed by atoms with E-state index < -0.39 is 5.97 Å². The number of hydrogen-bond acceptors (Lipinski definition) is 12. The summed E-state index contributed by atoms with van der Waals surface area (Å²) < 4.78 is 4.96. The van der Waals surface area contributed by atoms with Crippen LogP contribution in [0.3, 0.4) is 0 Å². The SMILES string of the molecule is CCOC(=O)c1csc(/N=N/c2ccc(NNc3ccc(NNc4ccc(N5CCCC5)s4)cc3C)cc2C)n1. The smallest absolute Gasteiger partial charge is 0.357 e. The van der Waals surface area contributed by atoms with Gasteiger partial charge in [0.25, 0.3) is 0 Å². The lowest BCUT2D eigenvalue weighted by atomic mass is 10.2. The first kappa shape index (κ1) is 27.4. The molecule has 4 N–H and O–H groups in total. The van der Waals surface area contributed by atoms with Crippen molar-refractivity contribution < 1.29 is 9.53 Å². The van der Waals surface area contributed by atoms with Gasteiger partial charge in [0.2, 0.25) is 5.13 Å². The molecule has 2 aromatic heterocycles. The van der Waals surface area contributed by atoms with Gasteiger partial charge in [-0.3, -0.25) is 5.43 Å². The fourth-order valence-electron chi connectivity index (χ4n) is 4.21. The van der Waals surface area contributed by atoms with Crippen LogP contribution < -0.4 is 26.6 Å². The van der Waals surface area contributed by atoms with Crippen molar-refractivity contribution in [2.75, 3.05) is 46.3 Å². The van der Waals surface area contributed by atoms with E-state index in [4.69, 9.17) is 4.74 Å². The quantitative estimate of drug-likeness (QED) is 0.0809. The van der Waals surface area contributed by atoms with Crippen molar-refractivity contribution in [2.24, 2.45) is 10.2 Å². The molecule has 1 aliphatic rings. The number of nitrogens with zero attached hydrogens (tertiary/aromatic N) is 4. The highest BCUT2D eigenvalue weighted by atomic mass is 32.1. The Hall–Kier alpha value is -4.16. The van der Waals surface area contributed by atoms with Crippen LogP contribution in [0.1, 0.15) is 41.4 Å². The standard InChI is InChI=1S/C28H32N8O2S2/c1-4-38-27(37)24-17-39-28(29-24)35-33-23-10-7-20(15-19(23)3)30-32-22-9-8-21(16-18(22)2)31-34-25-11-12-26(40-25)36-13-5-6-14-36/h7-12,15-17,30-32,34H,4-6,13-14H2,1-3H3/b35-33+. The Morgan fingerprint density at radius 1 is 0.950 bits per heavy atom. The molecule has 5 rings (SSSR count). The second-order valence-corrected chi connectivity index (χ2v) is 11.2. The predicted octanol–water partition coefficient (Wildman–Crippen LogP) is 7.89. The number of carbonyl (C=O) groups is 1. The molecule has 0 radical (unpaired) electrons. The number of esters is 1. The zero-order valence-electron chi connectivity index (χ0n) is 22.7. The second-order valence-electron chi connectivity index (χ2n) is 9.30. The zero-order valence-corrected chi connectivity index (χ0v) is 24.3. The Morgan fingerprint density at radius 3 is 2.45 bits per heavy atom. The third-order valence-electron chi connectivity index (χ3n) is 6.32. The lowest BCUT2D eigenvalue weighted by Gasteiger charge is -2.15. The molecule has 2 aromatic carbocycles. The van der Waals surface area contributed by atoms with Gasteiger partial charge in [-0.2, -0.15) is 0 Å². The molecule has 208 valence electrons. The van der Waals surface area contributed by atoms with Crippen molar-refractivity contribution in [1.82, 2.24) is 4.98 Å². The van der Waals surface area contributed by atoms with Gasteiger partial charge in [-0.25, -0.2) is 9.78 Å². The molecular formula is C28H32N8O2S2. The van der Waals surface area contributed by atoms with E-state index in [9.17, 15) is 4.79 Å². The molecule has 1 fully saturated rings. The Bertz CT molecular complexity index is 1490. The molecule has 0 atom stereocenters. The first-order valence-electron chi connectivity index (χ1n) is 13.1. The van der Waals surface area contributed by atoms with E-state index in [1.165, 1.54) is 29.2 Å². The maximum absolute atomic E-state index is 11.8. The summed E-state index contributed by atoms with van der Waals surface area (Å²) in [6.07, 6.45) is 2.56. The van der Waals surface area contributed by atoms with Gasteiger partial charge in [0.05, 0.1) is 34.4 Å². The van der Waals surface area contributed by atoms with E-state index in [1.807, 2.05) is 37.3 Å². The second kappa shape index (κ2) is 12.8. The number of thiophene rings is 1. The van der Waals surface area contributed by atoms with Gasteiger partial charge in [0, 0.05) is 18.5 Å². The Balaban J connectivity index is 1.13. The molecule has 0 spiro atoms. The molecule has 0 saturated carbocycles. The van der Waals surface area contributed by atoms with Crippen molar-refractivity contribution in [3.8, 4) is 0 Å². The number of aryl methyl sites for hydroxylation is 2. The number of ether oxygens (including phenoxy) is 1. The van der Waals surface area contributed by atoms with E-state index >= 15 is 0 Å². The molecule has 10 nitrogen and oxygen atoms in total. The molecule has 12 heteroatoms. The van der Waals surface area contributed by atoms with Crippen molar-refractivity contribution in [3.05, 3.63) is 70.7 Å². The number of thiazole rings is 1. The molecule has 1 aliphatic heterocycles. The van der Waals surface area contributed by atoms with Crippen LogP contribution >= 0.6 is 22.7 Å². The van der Waals surface area contributed by atoms with Gasteiger partial charge in [-0.15, -0.1) is 21.6 Å². The summed E-state index contributed by atoms with van der Waals surface area (Å²) in [6.45, 7) is 8.39. The largest absolute Gasteiger partial charge is 0.461 e. The van der Waals surface area contributed by atoms with Crippen molar-refractivity contribution in [3.63, 3.8) is 0 Å². The molecule has 4 aromatic rings. The van der Waals surface area contributed by atoms with Crippen molar-refractivity contribution >= 4 is 66.5 Å². The summed E-state index contributed by atoms with van der Waals surface area (Å²) in [4.78, 5) is 18.4. The maximum atomic E-state index is 11.8. The number of anilines is 5. The molecule has 0 amide bonds. The van der Waals surface area contributed by atoms with Gasteiger partial charge in [0.1, 0.15) is 5.00 Å². The summed E-state index contributed by atoms with van der Waals surface area (Å²) in [5.74, 6) is -0.457. The van der Waals surface area contributed by atoms with Gasteiger partial charge in [-0.05, 0) is 93.3 Å². The molecule has 0 aliphatic carbocycles. The summed E-state index contributed by atoms with van der Waals surface area (Å²) >= 11 is 3.01. The van der Waals surface area contributed by atoms with Crippen LogP contribution in [0.5, 0.6) is 0 Å². The van der Waals surface area contributed by atoms with E-state index in [0.29, 0.717) is 11.7 Å². The summed E-state index contributed by atoms with van der Waals surface area (Å²) in [5.41, 5.74) is 19.0. The van der Waals surface area contributed by atoms with Gasteiger partial charge >= 0.3 is 5.97 Å². The molecule has 0 bridgehead atoms. The number of benzene rings is 2. The number of azo groups is 1. The van der Waals surface area contributed by atoms with E-state index in [-0.39, 0.29) is 5.69 Å². The number of nitrogens with one attached hydrogen (secondary N) is 4. The minimum Gasteiger partial charge on any atom is -0.461 e. The molecule has 3 heterocycles. The molecule has 1 saturated heterocycles. The van der Waals surface area contributed by atoms with Crippen LogP contribution in [0.25, 0.3) is 0 Å². The van der Waals surface area contributed by atoms with E-state index in [1.54, 1.807) is 23.6 Å². The van der Waals surface area contributed by atoms with Crippen LogP contribution in [0.4, 0.5) is 37.9 Å². The van der Waals surface area contributed by atoms with Crippen LogP contribution in [-0.2, 0) is 4.74 Å². The fraction of sp³-hybridized carbons (Fsp3) is 0.286. The predicted molar refractivity (Wildman–Crippen MR) is 165 cm³/mol. The zero-order chi connectivity index (χ0) is 27.9. The average molecular weight is 577 g/mol. The molecular weight excluding hydrogens is 544 g/mol. The minimum absolute atomic E-state index is 0.243. The summed E-state index contributed by atoms with van der Waals surface area (Å²) in [7, 11) is 0. The Morgan fingerprint density at radius 2 is 1.70 bits per heavy atom. The van der Waals surface area contributed by atoms with Gasteiger partial charge in [-0.1, -0.05) is 11.3 Å². The highest BCUT2D eigenvalue weighted by Gasteiger charge is 2.14. The number of aromatic nitrogens is 1. The van der Waals surface area contributed by atoms with Crippen LogP contribution in [0.2, 0.25) is 0 Å². The Kier molecular flexibility index (Phi) is 8.77. The normalized spacial score (nSPS) is 13.0. The number of carbonyl (C=O) groups excluding carboxylic acids is 1. The number of rotatable bonds is 11. The first-order valence-corrected chi connectivity index (χ1v) is 14.8. The van der Waals surface area contributed by atoms with Gasteiger partial charge < -0.3 is 25.9 Å². The van der Waals surface area contributed by atoms with Crippen molar-refractivity contribution in [2.45, 2.75) is 33.6 Å². The van der Waals surface area contributed by atoms with E-state index in [0.717, 1.165) is 52.0 Å². The first-order chi connectivity index (χ1) is 19.5. The maximum Gasteiger partial charge on any atom is 0.357 e. The molecule has 40 heavy (non-hydrogen) atoms. The third kappa shape index (κ3) is 6.88. The third-order valence-corrected chi connectivity index (χ3v) is 8.11. The molecule has 0 unspecified atom stereocenters. The van der Waals surface area contributed by atoms with Crippen LogP contribution in [0, 0.1) is 13.8 Å². The highest BCUT2D eigenvalue weighted by molar-refractivity contribution is 7.20. The lowest BCUT2D eigenvalue weighted by Crippen LogP contribution is -2.15. The summed E-state index contributed by atoms with van der Waals surface area (Å²) in [6, 6.07) is 16.2. The monoisotopic (exact) mass is 576 g/mol. The fourth-order valence-corrected chi connectivity index (χ4v) is 5.72. The number of hydrogen-bond donors (Lipinski definition) is 4. The average Bonchev–Trinajstić information content (AvgIpc) is 3.73. The summed E-state index contributed by atoms with van der Waals surface area (Å²) in [5, 5.41) is 12.9. The lowest BCUT2D eigenvalue weighted by molar-refractivity contribution is 0.0520. The van der Waals surface area contributed by atoms with E-state index in [2.05, 4.69) is 66.9 Å². The van der Waals surface area contributed by atoms with Crippen molar-refractivity contribution in [1.29, 1.82) is 0 Å². The Labute approximate surface area is 241 Å².